The molecule has 0 spiro atoms. The van der Waals surface area contributed by atoms with E-state index in [0.717, 1.165) is 10.9 Å². The van der Waals surface area contributed by atoms with E-state index < -0.39 is 0 Å². The summed E-state index contributed by atoms with van der Waals surface area (Å²) < 4.78 is 12.0. The van der Waals surface area contributed by atoms with Crippen LogP contribution >= 0.6 is 11.3 Å². The molecular formula is C18H19N3O4S. The second-order valence-electron chi connectivity index (χ2n) is 5.62. The van der Waals surface area contributed by atoms with Gasteiger partial charge in [-0.15, -0.1) is 11.3 Å². The number of amides is 1. The van der Waals surface area contributed by atoms with Crippen molar-refractivity contribution in [3.63, 3.8) is 0 Å². The maximum absolute atomic E-state index is 12.7. The van der Waals surface area contributed by atoms with Gasteiger partial charge in [-0.05, 0) is 25.1 Å². The molecule has 8 heteroatoms. The van der Waals surface area contributed by atoms with E-state index in [1.165, 1.54) is 11.3 Å². The zero-order chi connectivity index (χ0) is 18.7. The third-order valence-corrected chi connectivity index (χ3v) is 4.65. The highest BCUT2D eigenvalue weighted by atomic mass is 32.1. The predicted molar refractivity (Wildman–Crippen MR) is 99.9 cm³/mol. The number of hydrogen-bond donors (Lipinski definition) is 1. The van der Waals surface area contributed by atoms with Crippen LogP contribution in [0.2, 0.25) is 0 Å². The number of nitrogens with one attached hydrogen (secondary N) is 1. The van der Waals surface area contributed by atoms with Crippen LogP contribution in [0.5, 0.6) is 5.75 Å². The van der Waals surface area contributed by atoms with Gasteiger partial charge < -0.3 is 14.0 Å². The lowest BCUT2D eigenvalue weighted by atomic mass is 10.1. The lowest BCUT2D eigenvalue weighted by molar-refractivity contribution is -0.142. The van der Waals surface area contributed by atoms with Gasteiger partial charge in [-0.2, -0.15) is 0 Å². The molecule has 1 amide bonds. The van der Waals surface area contributed by atoms with Crippen molar-refractivity contribution < 1.29 is 19.1 Å². The topological polar surface area (TPSA) is 82.5 Å². The highest BCUT2D eigenvalue weighted by Gasteiger charge is 2.17. The molecule has 0 bridgehead atoms. The molecule has 0 aliphatic heterocycles. The normalized spacial score (nSPS) is 10.7. The Kier molecular flexibility index (Phi) is 5.22. The zero-order valence-electron chi connectivity index (χ0n) is 14.7. The fourth-order valence-electron chi connectivity index (χ4n) is 2.65. The summed E-state index contributed by atoms with van der Waals surface area (Å²) in [4.78, 5) is 28.5. The number of aromatic nitrogens is 2. The fourth-order valence-corrected chi connectivity index (χ4v) is 3.35. The van der Waals surface area contributed by atoms with Gasteiger partial charge in [-0.25, -0.2) is 4.98 Å². The number of thiazole rings is 1. The molecule has 0 saturated heterocycles. The van der Waals surface area contributed by atoms with Gasteiger partial charge >= 0.3 is 5.97 Å². The first-order valence-electron chi connectivity index (χ1n) is 8.06. The van der Waals surface area contributed by atoms with Crippen LogP contribution in [0.3, 0.4) is 0 Å². The van der Waals surface area contributed by atoms with Gasteiger partial charge in [0.2, 0.25) is 0 Å². The summed E-state index contributed by atoms with van der Waals surface area (Å²) in [6.07, 6.45) is 1.86. The van der Waals surface area contributed by atoms with Gasteiger partial charge in [0.1, 0.15) is 5.75 Å². The van der Waals surface area contributed by atoms with E-state index in [9.17, 15) is 9.59 Å². The van der Waals surface area contributed by atoms with Crippen molar-refractivity contribution in [1.82, 2.24) is 9.55 Å². The van der Waals surface area contributed by atoms with Crippen molar-refractivity contribution in [3.05, 3.63) is 41.0 Å². The third kappa shape index (κ3) is 3.70. The Morgan fingerprint density at radius 1 is 1.35 bits per heavy atom. The minimum Gasteiger partial charge on any atom is -0.497 e. The Balaban J connectivity index is 1.79. The Labute approximate surface area is 154 Å². The molecule has 0 fully saturated rings. The van der Waals surface area contributed by atoms with Crippen LogP contribution in [-0.2, 0) is 23.0 Å². The number of aryl methyl sites for hydroxylation is 1. The second-order valence-corrected chi connectivity index (χ2v) is 6.47. The summed E-state index contributed by atoms with van der Waals surface area (Å²) in [7, 11) is 3.47. The van der Waals surface area contributed by atoms with E-state index in [0.29, 0.717) is 28.7 Å². The average Bonchev–Trinajstić information content (AvgIpc) is 3.19. The van der Waals surface area contributed by atoms with E-state index in [1.54, 1.807) is 25.6 Å². The second kappa shape index (κ2) is 7.57. The minimum atomic E-state index is -0.336. The summed E-state index contributed by atoms with van der Waals surface area (Å²) in [5.41, 5.74) is 2.03. The molecule has 0 saturated carbocycles. The minimum absolute atomic E-state index is 0.0890. The van der Waals surface area contributed by atoms with E-state index in [2.05, 4.69) is 10.3 Å². The van der Waals surface area contributed by atoms with Crippen molar-refractivity contribution in [2.24, 2.45) is 7.05 Å². The third-order valence-electron chi connectivity index (χ3n) is 3.84. The molecule has 3 aromatic rings. The Morgan fingerprint density at radius 2 is 2.15 bits per heavy atom. The molecule has 1 N–H and O–H groups in total. The van der Waals surface area contributed by atoms with E-state index >= 15 is 0 Å². The molecular weight excluding hydrogens is 354 g/mol. The van der Waals surface area contributed by atoms with Crippen LogP contribution in [0, 0.1) is 0 Å². The molecule has 136 valence electrons. The van der Waals surface area contributed by atoms with E-state index in [-0.39, 0.29) is 18.3 Å². The standard InChI is InChI=1S/C18H19N3O4S/c1-4-25-16(22)7-11-10-26-18(19-11)20-17(23)14-9-21(2)15-6-5-12(24-3)8-13(14)15/h5-6,8-10H,4,7H2,1-3H3,(H,19,20,23). The number of carbonyl (C=O) groups is 2. The highest BCUT2D eigenvalue weighted by Crippen LogP contribution is 2.26. The van der Waals surface area contributed by atoms with Crippen LogP contribution in [0.15, 0.2) is 29.8 Å². The maximum atomic E-state index is 12.7. The van der Waals surface area contributed by atoms with Crippen molar-refractivity contribution in [3.8, 4) is 5.75 Å². The summed E-state index contributed by atoms with van der Waals surface area (Å²) in [5.74, 6) is 0.0847. The van der Waals surface area contributed by atoms with Crippen LogP contribution in [-0.4, -0.2) is 35.1 Å². The van der Waals surface area contributed by atoms with Crippen molar-refractivity contribution >= 4 is 39.2 Å². The maximum Gasteiger partial charge on any atom is 0.311 e. The molecule has 0 radical (unpaired) electrons. The molecule has 0 atom stereocenters. The first kappa shape index (κ1) is 17.9. The molecule has 2 aromatic heterocycles. The van der Waals surface area contributed by atoms with Gasteiger partial charge in [0.15, 0.2) is 5.13 Å². The van der Waals surface area contributed by atoms with Crippen LogP contribution in [0.25, 0.3) is 10.9 Å². The average molecular weight is 373 g/mol. The summed E-state index contributed by atoms with van der Waals surface area (Å²) in [5, 5.41) is 5.76. The number of fused-ring (bicyclic) bond motifs is 1. The fraction of sp³-hybridized carbons (Fsp3) is 0.278. The molecule has 0 aliphatic carbocycles. The summed E-state index contributed by atoms with van der Waals surface area (Å²) in [6.45, 7) is 2.08. The molecule has 0 aliphatic rings. The summed E-state index contributed by atoms with van der Waals surface area (Å²) in [6, 6.07) is 5.59. The Hall–Kier alpha value is -2.87. The summed E-state index contributed by atoms with van der Waals surface area (Å²) >= 11 is 1.27. The number of ether oxygens (including phenoxy) is 2. The number of methoxy groups -OCH3 is 1. The molecule has 1 aromatic carbocycles. The van der Waals surface area contributed by atoms with Gasteiger partial charge in [0.05, 0.1) is 31.4 Å². The monoisotopic (exact) mass is 373 g/mol. The largest absolute Gasteiger partial charge is 0.497 e. The number of nitrogens with zero attached hydrogens (tertiary/aromatic N) is 2. The number of carbonyl (C=O) groups excluding carboxylic acids is 2. The van der Waals surface area contributed by atoms with Gasteiger partial charge in [-0.3, -0.25) is 14.9 Å². The van der Waals surface area contributed by atoms with Crippen molar-refractivity contribution in [1.29, 1.82) is 0 Å². The van der Waals surface area contributed by atoms with Gasteiger partial charge in [0, 0.05) is 29.5 Å². The first-order chi connectivity index (χ1) is 12.5. The van der Waals surface area contributed by atoms with Crippen LogP contribution < -0.4 is 10.1 Å². The lowest BCUT2D eigenvalue weighted by Crippen LogP contribution is -2.12. The van der Waals surface area contributed by atoms with E-state index in [4.69, 9.17) is 9.47 Å². The van der Waals surface area contributed by atoms with Gasteiger partial charge in [0.25, 0.3) is 5.91 Å². The van der Waals surface area contributed by atoms with Gasteiger partial charge in [-0.1, -0.05) is 0 Å². The van der Waals surface area contributed by atoms with E-state index in [1.807, 2.05) is 29.8 Å². The molecule has 2 heterocycles. The molecule has 3 rings (SSSR count). The highest BCUT2D eigenvalue weighted by molar-refractivity contribution is 7.14. The first-order valence-corrected chi connectivity index (χ1v) is 8.94. The van der Waals surface area contributed by atoms with Crippen LogP contribution in [0.1, 0.15) is 23.0 Å². The smallest absolute Gasteiger partial charge is 0.311 e. The number of rotatable bonds is 6. The quantitative estimate of drug-likeness (QED) is 0.672. The number of hydrogen-bond acceptors (Lipinski definition) is 6. The lowest BCUT2D eigenvalue weighted by Gasteiger charge is -2.02. The van der Waals surface area contributed by atoms with Crippen molar-refractivity contribution in [2.75, 3.05) is 19.0 Å². The van der Waals surface area contributed by atoms with Crippen molar-refractivity contribution in [2.45, 2.75) is 13.3 Å². The predicted octanol–water partition coefficient (Wildman–Crippen LogP) is 3.00. The molecule has 7 nitrogen and oxygen atoms in total. The number of benzene rings is 1. The number of esters is 1. The number of anilines is 1. The van der Waals surface area contributed by atoms with Crippen LogP contribution in [0.4, 0.5) is 5.13 Å². The molecule has 0 unspecified atom stereocenters. The Bertz CT molecular complexity index is 961. The zero-order valence-corrected chi connectivity index (χ0v) is 15.6. The SMILES string of the molecule is CCOC(=O)Cc1csc(NC(=O)c2cn(C)c3ccc(OC)cc23)n1. The molecule has 26 heavy (non-hydrogen) atoms. The Morgan fingerprint density at radius 3 is 2.88 bits per heavy atom.